The summed E-state index contributed by atoms with van der Waals surface area (Å²) in [6, 6.07) is 5.19. The molecule has 7 nitrogen and oxygen atoms in total. The Bertz CT molecular complexity index is 828. The number of aliphatic imine (C=N–C) groups is 1. The number of aliphatic hydroxyl groups excluding tert-OH is 1. The standard InChI is InChI=1S/C17H16N2O5S/c1-23-10-3-4-12(24-2)9(7-10)8-18-16(21)13-14(20)15-11(5-6-25-15)19-17(13)22/h3-7,15,20H,8H2,1-2H3,(H,18,21). The number of dihydropyridines is 1. The molecule has 1 unspecified atom stereocenters. The fourth-order valence-corrected chi connectivity index (χ4v) is 3.45. The number of ether oxygens (including phenoxy) is 2. The van der Waals surface area contributed by atoms with E-state index in [-0.39, 0.29) is 17.9 Å². The predicted molar refractivity (Wildman–Crippen MR) is 94.0 cm³/mol. The summed E-state index contributed by atoms with van der Waals surface area (Å²) in [7, 11) is 3.06. The zero-order chi connectivity index (χ0) is 18.0. The lowest BCUT2D eigenvalue weighted by Crippen LogP contribution is -2.34. The average molecular weight is 360 g/mol. The molecule has 1 atom stereocenters. The lowest BCUT2D eigenvalue weighted by atomic mass is 10.0. The molecular formula is C17H16N2O5S. The SMILES string of the molecule is COc1ccc(OC)c(CNC(=O)C2=C(O)C3SC=CC3=NC2=O)c1. The number of fused-ring (bicyclic) bond motifs is 1. The Labute approximate surface area is 148 Å². The molecule has 0 aromatic heterocycles. The summed E-state index contributed by atoms with van der Waals surface area (Å²) in [6.45, 7) is 0.107. The topological polar surface area (TPSA) is 97.2 Å². The van der Waals surface area contributed by atoms with Gasteiger partial charge in [-0.1, -0.05) is 0 Å². The van der Waals surface area contributed by atoms with Crippen molar-refractivity contribution >= 4 is 29.3 Å². The number of hydrogen-bond acceptors (Lipinski definition) is 6. The van der Waals surface area contributed by atoms with Crippen molar-refractivity contribution in [2.24, 2.45) is 4.99 Å². The van der Waals surface area contributed by atoms with Gasteiger partial charge < -0.3 is 19.9 Å². The molecule has 2 aliphatic heterocycles. The molecule has 0 aliphatic carbocycles. The largest absolute Gasteiger partial charge is 0.510 e. The number of amides is 2. The van der Waals surface area contributed by atoms with E-state index in [9.17, 15) is 14.7 Å². The molecule has 8 heteroatoms. The lowest BCUT2D eigenvalue weighted by molar-refractivity contribution is -0.122. The van der Waals surface area contributed by atoms with Gasteiger partial charge in [-0.05, 0) is 29.7 Å². The van der Waals surface area contributed by atoms with Crippen LogP contribution in [0, 0.1) is 0 Å². The zero-order valence-corrected chi connectivity index (χ0v) is 14.4. The smallest absolute Gasteiger partial charge is 0.286 e. The number of thioether (sulfide) groups is 1. The Morgan fingerprint density at radius 3 is 2.88 bits per heavy atom. The normalized spacial score (nSPS) is 18.7. The predicted octanol–water partition coefficient (Wildman–Crippen LogP) is 1.74. The van der Waals surface area contributed by atoms with E-state index in [1.807, 2.05) is 0 Å². The van der Waals surface area contributed by atoms with Crippen LogP contribution in [0.5, 0.6) is 11.5 Å². The highest BCUT2D eigenvalue weighted by Gasteiger charge is 2.36. The summed E-state index contributed by atoms with van der Waals surface area (Å²) in [4.78, 5) is 28.3. The third-order valence-corrected chi connectivity index (χ3v) is 4.86. The van der Waals surface area contributed by atoms with Crippen molar-refractivity contribution in [3.05, 3.63) is 46.6 Å². The number of carbonyl (C=O) groups is 2. The van der Waals surface area contributed by atoms with Gasteiger partial charge in [0, 0.05) is 12.1 Å². The van der Waals surface area contributed by atoms with Gasteiger partial charge in [-0.25, -0.2) is 4.99 Å². The molecule has 0 saturated carbocycles. The Kier molecular flexibility index (Phi) is 4.80. The van der Waals surface area contributed by atoms with Gasteiger partial charge in [0.25, 0.3) is 11.8 Å². The highest BCUT2D eigenvalue weighted by molar-refractivity contribution is 8.04. The van der Waals surface area contributed by atoms with E-state index in [1.54, 1.807) is 29.7 Å². The van der Waals surface area contributed by atoms with E-state index in [0.717, 1.165) is 0 Å². The Hall–Kier alpha value is -2.74. The number of nitrogens with zero attached hydrogens (tertiary/aromatic N) is 1. The van der Waals surface area contributed by atoms with E-state index >= 15 is 0 Å². The maximum Gasteiger partial charge on any atom is 0.286 e. The van der Waals surface area contributed by atoms with Gasteiger partial charge in [0.1, 0.15) is 28.1 Å². The monoisotopic (exact) mass is 360 g/mol. The van der Waals surface area contributed by atoms with Crippen molar-refractivity contribution in [2.45, 2.75) is 11.8 Å². The Morgan fingerprint density at radius 1 is 1.36 bits per heavy atom. The van der Waals surface area contributed by atoms with Crippen LogP contribution in [0.3, 0.4) is 0 Å². The van der Waals surface area contributed by atoms with Crippen LogP contribution in [-0.2, 0) is 16.1 Å². The van der Waals surface area contributed by atoms with Crippen molar-refractivity contribution in [1.29, 1.82) is 0 Å². The number of rotatable bonds is 5. The number of hydrogen-bond donors (Lipinski definition) is 2. The highest BCUT2D eigenvalue weighted by atomic mass is 32.2. The van der Waals surface area contributed by atoms with Gasteiger partial charge in [0.2, 0.25) is 0 Å². The molecule has 3 rings (SSSR count). The zero-order valence-electron chi connectivity index (χ0n) is 13.6. The molecule has 0 spiro atoms. The second-order valence-corrected chi connectivity index (χ2v) is 6.30. The number of methoxy groups -OCH3 is 2. The molecule has 0 fully saturated rings. The third kappa shape index (κ3) is 3.25. The van der Waals surface area contributed by atoms with E-state index in [0.29, 0.717) is 22.8 Å². The second-order valence-electron chi connectivity index (χ2n) is 5.28. The number of allylic oxidation sites excluding steroid dienone is 1. The van der Waals surface area contributed by atoms with Crippen LogP contribution in [0.1, 0.15) is 5.56 Å². The maximum absolute atomic E-state index is 12.4. The minimum Gasteiger partial charge on any atom is -0.510 e. The average Bonchev–Trinajstić information content (AvgIpc) is 3.08. The molecule has 2 heterocycles. The quantitative estimate of drug-likeness (QED) is 0.777. The molecule has 1 aromatic rings. The molecule has 1 aromatic carbocycles. The van der Waals surface area contributed by atoms with Crippen LogP contribution in [0.15, 0.2) is 46.0 Å². The third-order valence-electron chi connectivity index (χ3n) is 3.83. The van der Waals surface area contributed by atoms with Crippen molar-refractivity contribution in [3.8, 4) is 11.5 Å². The minimum atomic E-state index is -0.744. The summed E-state index contributed by atoms with van der Waals surface area (Å²) >= 11 is 1.30. The first kappa shape index (κ1) is 17.1. The second kappa shape index (κ2) is 7.02. The number of aliphatic hydroxyl groups is 1. The van der Waals surface area contributed by atoms with Gasteiger partial charge in [-0.3, -0.25) is 9.59 Å². The number of benzene rings is 1. The summed E-state index contributed by atoms with van der Waals surface area (Å²) < 4.78 is 10.4. The number of nitrogens with one attached hydrogen (secondary N) is 1. The van der Waals surface area contributed by atoms with Gasteiger partial charge in [0.15, 0.2) is 0 Å². The van der Waals surface area contributed by atoms with Crippen molar-refractivity contribution in [3.63, 3.8) is 0 Å². The molecule has 2 N–H and O–H groups in total. The molecule has 0 saturated heterocycles. The van der Waals surface area contributed by atoms with Gasteiger partial charge >= 0.3 is 0 Å². The summed E-state index contributed by atoms with van der Waals surface area (Å²) in [5.41, 5.74) is 0.810. The molecule has 0 radical (unpaired) electrons. The molecule has 2 aliphatic rings. The van der Waals surface area contributed by atoms with Crippen LogP contribution in [-0.4, -0.2) is 42.1 Å². The fraction of sp³-hybridized carbons (Fsp3) is 0.235. The van der Waals surface area contributed by atoms with Crippen LogP contribution >= 0.6 is 11.8 Å². The summed E-state index contributed by atoms with van der Waals surface area (Å²) in [5.74, 6) is -0.498. The van der Waals surface area contributed by atoms with Crippen molar-refractivity contribution < 1.29 is 24.2 Å². The Morgan fingerprint density at radius 2 is 2.16 bits per heavy atom. The maximum atomic E-state index is 12.4. The molecule has 0 bridgehead atoms. The van der Waals surface area contributed by atoms with Crippen LogP contribution in [0.4, 0.5) is 0 Å². The molecule has 130 valence electrons. The molecule has 25 heavy (non-hydrogen) atoms. The van der Waals surface area contributed by atoms with E-state index < -0.39 is 17.1 Å². The van der Waals surface area contributed by atoms with Crippen LogP contribution < -0.4 is 14.8 Å². The van der Waals surface area contributed by atoms with Crippen LogP contribution in [0.2, 0.25) is 0 Å². The first-order valence-corrected chi connectivity index (χ1v) is 8.36. The fourth-order valence-electron chi connectivity index (χ4n) is 2.56. The van der Waals surface area contributed by atoms with Gasteiger partial charge in [0.05, 0.1) is 19.9 Å². The van der Waals surface area contributed by atoms with E-state index in [2.05, 4.69) is 10.3 Å². The first-order chi connectivity index (χ1) is 12.0. The molecular weight excluding hydrogens is 344 g/mol. The van der Waals surface area contributed by atoms with E-state index in [1.165, 1.54) is 26.0 Å². The van der Waals surface area contributed by atoms with Crippen LogP contribution in [0.25, 0.3) is 0 Å². The summed E-state index contributed by atoms with van der Waals surface area (Å²) in [5, 5.41) is 14.1. The lowest BCUT2D eigenvalue weighted by Gasteiger charge is -2.18. The van der Waals surface area contributed by atoms with Crippen molar-refractivity contribution in [1.82, 2.24) is 5.32 Å². The van der Waals surface area contributed by atoms with E-state index in [4.69, 9.17) is 9.47 Å². The summed E-state index contributed by atoms with van der Waals surface area (Å²) in [6.07, 6.45) is 1.65. The minimum absolute atomic E-state index is 0.107. The van der Waals surface area contributed by atoms with Gasteiger partial charge in [-0.15, -0.1) is 11.8 Å². The Balaban J connectivity index is 1.77. The number of carbonyl (C=O) groups excluding carboxylic acids is 2. The highest BCUT2D eigenvalue weighted by Crippen LogP contribution is 2.32. The van der Waals surface area contributed by atoms with Gasteiger partial charge in [-0.2, -0.15) is 0 Å². The first-order valence-electron chi connectivity index (χ1n) is 7.42. The molecule has 2 amide bonds. The van der Waals surface area contributed by atoms with Crippen molar-refractivity contribution in [2.75, 3.05) is 14.2 Å².